The van der Waals surface area contributed by atoms with Crippen LogP contribution in [-0.4, -0.2) is 45.8 Å². The first-order chi connectivity index (χ1) is 11.2. The molecule has 120 valence electrons. The third kappa shape index (κ3) is 3.56. The molecule has 2 aromatic heterocycles. The number of nitrogens with one attached hydrogen (secondary N) is 1. The fourth-order valence-corrected chi connectivity index (χ4v) is 3.42. The van der Waals surface area contributed by atoms with Gasteiger partial charge in [0, 0.05) is 43.5 Å². The Balaban J connectivity index is 1.61. The first-order valence-electron chi connectivity index (χ1n) is 7.62. The standard InChI is InChI=1S/C16H18N4O2S/c1-2-14(21)20-8-5-12(10-20)19-15(22)13-9-18-16(23-13)11-3-6-17-7-4-11/h3-4,6-7,9,12H,2,5,8,10H2,1H3,(H,19,22). The van der Waals surface area contributed by atoms with Crippen LogP contribution in [0, 0.1) is 0 Å². The fourth-order valence-electron chi connectivity index (χ4n) is 2.59. The molecule has 1 unspecified atom stereocenters. The first kappa shape index (κ1) is 15.6. The normalized spacial score (nSPS) is 17.3. The number of carbonyl (C=O) groups is 2. The minimum Gasteiger partial charge on any atom is -0.347 e. The van der Waals surface area contributed by atoms with Crippen LogP contribution in [-0.2, 0) is 4.79 Å². The molecule has 6 nitrogen and oxygen atoms in total. The number of likely N-dealkylation sites (tertiary alicyclic amines) is 1. The van der Waals surface area contributed by atoms with Crippen molar-refractivity contribution >= 4 is 23.2 Å². The Hall–Kier alpha value is -2.28. The molecule has 1 aliphatic heterocycles. The highest BCUT2D eigenvalue weighted by molar-refractivity contribution is 7.16. The second-order valence-electron chi connectivity index (χ2n) is 5.42. The zero-order valence-electron chi connectivity index (χ0n) is 12.9. The molecule has 1 N–H and O–H groups in total. The van der Waals surface area contributed by atoms with E-state index in [1.807, 2.05) is 19.1 Å². The Morgan fingerprint density at radius 2 is 2.17 bits per heavy atom. The maximum Gasteiger partial charge on any atom is 0.263 e. The summed E-state index contributed by atoms with van der Waals surface area (Å²) < 4.78 is 0. The Kier molecular flexibility index (Phi) is 4.66. The van der Waals surface area contributed by atoms with E-state index in [0.717, 1.165) is 17.0 Å². The van der Waals surface area contributed by atoms with Gasteiger partial charge in [-0.2, -0.15) is 0 Å². The van der Waals surface area contributed by atoms with Crippen molar-refractivity contribution in [2.45, 2.75) is 25.8 Å². The summed E-state index contributed by atoms with van der Waals surface area (Å²) in [5.41, 5.74) is 0.949. The third-order valence-electron chi connectivity index (χ3n) is 3.84. The molecule has 0 aliphatic carbocycles. The van der Waals surface area contributed by atoms with Crippen molar-refractivity contribution in [3.05, 3.63) is 35.6 Å². The molecular formula is C16H18N4O2S. The summed E-state index contributed by atoms with van der Waals surface area (Å²) in [5.74, 6) is 0.0121. The van der Waals surface area contributed by atoms with Gasteiger partial charge >= 0.3 is 0 Å². The summed E-state index contributed by atoms with van der Waals surface area (Å²) in [7, 11) is 0. The number of nitrogens with zero attached hydrogens (tertiary/aromatic N) is 3. The molecule has 0 radical (unpaired) electrons. The summed E-state index contributed by atoms with van der Waals surface area (Å²) in [6, 6.07) is 3.75. The van der Waals surface area contributed by atoms with Crippen molar-refractivity contribution in [1.29, 1.82) is 0 Å². The first-order valence-corrected chi connectivity index (χ1v) is 8.44. The summed E-state index contributed by atoms with van der Waals surface area (Å²) in [6.07, 6.45) is 6.31. The van der Waals surface area contributed by atoms with Crippen LogP contribution in [0.4, 0.5) is 0 Å². The van der Waals surface area contributed by atoms with Gasteiger partial charge in [0.1, 0.15) is 9.88 Å². The van der Waals surface area contributed by atoms with Gasteiger partial charge < -0.3 is 10.2 Å². The SMILES string of the molecule is CCC(=O)N1CCC(NC(=O)c2cnc(-c3ccncc3)s2)C1. The van der Waals surface area contributed by atoms with Crippen LogP contribution in [0.5, 0.6) is 0 Å². The van der Waals surface area contributed by atoms with Crippen LogP contribution in [0.2, 0.25) is 0 Å². The number of pyridine rings is 1. The highest BCUT2D eigenvalue weighted by Crippen LogP contribution is 2.24. The van der Waals surface area contributed by atoms with E-state index in [4.69, 9.17) is 0 Å². The average Bonchev–Trinajstić information content (AvgIpc) is 3.24. The van der Waals surface area contributed by atoms with Crippen LogP contribution in [0.25, 0.3) is 10.6 Å². The number of thiazole rings is 1. The molecule has 23 heavy (non-hydrogen) atoms. The molecule has 1 fully saturated rings. The molecule has 2 aromatic rings. The molecule has 0 spiro atoms. The molecule has 0 saturated carbocycles. The van der Waals surface area contributed by atoms with Crippen molar-refractivity contribution in [1.82, 2.24) is 20.2 Å². The Bertz CT molecular complexity index is 701. The van der Waals surface area contributed by atoms with Crippen LogP contribution >= 0.6 is 11.3 Å². The molecule has 2 amide bonds. The quantitative estimate of drug-likeness (QED) is 0.930. The molecule has 7 heteroatoms. The zero-order valence-corrected chi connectivity index (χ0v) is 13.7. The molecule has 3 rings (SSSR count). The predicted octanol–water partition coefficient (Wildman–Crippen LogP) is 1.95. The van der Waals surface area contributed by atoms with Crippen molar-refractivity contribution in [3.63, 3.8) is 0 Å². The van der Waals surface area contributed by atoms with E-state index >= 15 is 0 Å². The molecule has 3 heterocycles. The Morgan fingerprint density at radius 3 is 2.91 bits per heavy atom. The zero-order chi connectivity index (χ0) is 16.2. The van der Waals surface area contributed by atoms with Gasteiger partial charge in [0.05, 0.1) is 6.20 Å². The Morgan fingerprint density at radius 1 is 1.39 bits per heavy atom. The number of amides is 2. The lowest BCUT2D eigenvalue weighted by atomic mass is 10.2. The predicted molar refractivity (Wildman–Crippen MR) is 88.1 cm³/mol. The van der Waals surface area contributed by atoms with Crippen molar-refractivity contribution in [2.24, 2.45) is 0 Å². The second-order valence-corrected chi connectivity index (χ2v) is 6.45. The third-order valence-corrected chi connectivity index (χ3v) is 4.88. The lowest BCUT2D eigenvalue weighted by Gasteiger charge is -2.15. The molecular weight excluding hydrogens is 312 g/mol. The van der Waals surface area contributed by atoms with Gasteiger partial charge in [-0.3, -0.25) is 14.6 Å². The van der Waals surface area contributed by atoms with E-state index in [1.54, 1.807) is 23.5 Å². The van der Waals surface area contributed by atoms with E-state index < -0.39 is 0 Å². The van der Waals surface area contributed by atoms with E-state index in [-0.39, 0.29) is 17.9 Å². The molecule has 1 atom stereocenters. The summed E-state index contributed by atoms with van der Waals surface area (Å²) in [6.45, 7) is 3.16. The van der Waals surface area contributed by atoms with Crippen molar-refractivity contribution in [3.8, 4) is 10.6 Å². The lowest BCUT2D eigenvalue weighted by molar-refractivity contribution is -0.129. The van der Waals surface area contributed by atoms with Crippen molar-refractivity contribution < 1.29 is 9.59 Å². The van der Waals surface area contributed by atoms with Gasteiger partial charge in [0.15, 0.2) is 0 Å². The summed E-state index contributed by atoms with van der Waals surface area (Å²) in [4.78, 5) is 34.7. The maximum atomic E-state index is 12.3. The summed E-state index contributed by atoms with van der Waals surface area (Å²) >= 11 is 1.36. The van der Waals surface area contributed by atoms with Gasteiger partial charge in [-0.05, 0) is 18.6 Å². The smallest absolute Gasteiger partial charge is 0.263 e. The molecule has 1 aliphatic rings. The average molecular weight is 330 g/mol. The fraction of sp³-hybridized carbons (Fsp3) is 0.375. The number of hydrogen-bond donors (Lipinski definition) is 1. The highest BCUT2D eigenvalue weighted by atomic mass is 32.1. The molecule has 0 bridgehead atoms. The van der Waals surface area contributed by atoms with Gasteiger partial charge in [-0.25, -0.2) is 4.98 Å². The van der Waals surface area contributed by atoms with Gasteiger partial charge in [0.25, 0.3) is 5.91 Å². The summed E-state index contributed by atoms with van der Waals surface area (Å²) in [5, 5.41) is 3.79. The van der Waals surface area contributed by atoms with E-state index in [1.165, 1.54) is 11.3 Å². The monoisotopic (exact) mass is 330 g/mol. The maximum absolute atomic E-state index is 12.3. The van der Waals surface area contributed by atoms with Crippen LogP contribution < -0.4 is 5.32 Å². The van der Waals surface area contributed by atoms with Gasteiger partial charge in [-0.1, -0.05) is 6.92 Å². The largest absolute Gasteiger partial charge is 0.347 e. The Labute approximate surface area is 138 Å². The topological polar surface area (TPSA) is 75.2 Å². The number of aromatic nitrogens is 2. The van der Waals surface area contributed by atoms with E-state index in [0.29, 0.717) is 24.4 Å². The number of carbonyl (C=O) groups excluding carboxylic acids is 2. The minimum absolute atomic E-state index is 0.0180. The lowest BCUT2D eigenvalue weighted by Crippen LogP contribution is -2.38. The van der Waals surface area contributed by atoms with Crippen molar-refractivity contribution in [2.75, 3.05) is 13.1 Å². The van der Waals surface area contributed by atoms with Gasteiger partial charge in [0.2, 0.25) is 5.91 Å². The number of rotatable bonds is 4. The van der Waals surface area contributed by atoms with E-state index in [9.17, 15) is 9.59 Å². The van der Waals surface area contributed by atoms with E-state index in [2.05, 4.69) is 15.3 Å². The van der Waals surface area contributed by atoms with Crippen LogP contribution in [0.15, 0.2) is 30.7 Å². The second kappa shape index (κ2) is 6.87. The molecule has 1 saturated heterocycles. The highest BCUT2D eigenvalue weighted by Gasteiger charge is 2.27. The minimum atomic E-state index is -0.126. The van der Waals surface area contributed by atoms with Gasteiger partial charge in [-0.15, -0.1) is 11.3 Å². The number of hydrogen-bond acceptors (Lipinski definition) is 5. The molecule has 0 aromatic carbocycles. The van der Waals surface area contributed by atoms with Crippen LogP contribution in [0.1, 0.15) is 29.4 Å². The van der Waals surface area contributed by atoms with Crippen LogP contribution in [0.3, 0.4) is 0 Å².